The number of carboxylic acid groups (broad SMARTS) is 1. The summed E-state index contributed by atoms with van der Waals surface area (Å²) in [5, 5.41) is 9.14. The van der Waals surface area contributed by atoms with Crippen molar-refractivity contribution >= 4 is 23.0 Å². The van der Waals surface area contributed by atoms with Crippen LogP contribution in [0.3, 0.4) is 0 Å². The summed E-state index contributed by atoms with van der Waals surface area (Å²) in [6.07, 6.45) is 0.937. The van der Waals surface area contributed by atoms with E-state index in [1.54, 1.807) is 12.1 Å². The molecular formula is C16H16N2O2. The summed E-state index contributed by atoms with van der Waals surface area (Å²) >= 11 is 0. The molecule has 20 heavy (non-hydrogen) atoms. The van der Waals surface area contributed by atoms with Crippen molar-refractivity contribution in [1.82, 2.24) is 0 Å². The number of benzene rings is 2. The number of rotatable bonds is 2. The highest BCUT2D eigenvalue weighted by Gasteiger charge is 2.28. The molecule has 0 fully saturated rings. The van der Waals surface area contributed by atoms with Gasteiger partial charge in [-0.1, -0.05) is 18.2 Å². The van der Waals surface area contributed by atoms with Gasteiger partial charge in [0, 0.05) is 11.7 Å². The molecule has 1 atom stereocenters. The maximum Gasteiger partial charge on any atom is 0.335 e. The topological polar surface area (TPSA) is 66.6 Å². The van der Waals surface area contributed by atoms with Crippen LogP contribution in [0.25, 0.3) is 0 Å². The van der Waals surface area contributed by atoms with Crippen molar-refractivity contribution in [2.75, 3.05) is 10.6 Å². The monoisotopic (exact) mass is 268 g/mol. The lowest BCUT2D eigenvalue weighted by Crippen LogP contribution is -2.25. The van der Waals surface area contributed by atoms with Crippen LogP contribution in [0, 0.1) is 0 Å². The first kappa shape index (κ1) is 12.5. The molecule has 0 spiro atoms. The summed E-state index contributed by atoms with van der Waals surface area (Å²) in [7, 11) is 0. The molecular weight excluding hydrogens is 252 g/mol. The Labute approximate surface area is 117 Å². The highest BCUT2D eigenvalue weighted by molar-refractivity contribution is 5.92. The molecule has 0 saturated heterocycles. The minimum Gasteiger partial charge on any atom is -0.478 e. The van der Waals surface area contributed by atoms with Crippen LogP contribution in [0.15, 0.2) is 42.5 Å². The number of nitrogen functional groups attached to an aromatic ring is 1. The molecule has 4 nitrogen and oxygen atoms in total. The van der Waals surface area contributed by atoms with Crippen LogP contribution >= 0.6 is 0 Å². The molecule has 2 aromatic rings. The van der Waals surface area contributed by atoms with Crippen LogP contribution in [0.2, 0.25) is 0 Å². The van der Waals surface area contributed by atoms with E-state index in [9.17, 15) is 4.79 Å². The Morgan fingerprint density at radius 2 is 2.00 bits per heavy atom. The van der Waals surface area contributed by atoms with Gasteiger partial charge in [0.25, 0.3) is 0 Å². The van der Waals surface area contributed by atoms with E-state index in [4.69, 9.17) is 10.8 Å². The molecule has 0 bridgehead atoms. The van der Waals surface area contributed by atoms with Gasteiger partial charge in [-0.2, -0.15) is 0 Å². The molecule has 0 radical (unpaired) electrons. The fraction of sp³-hybridized carbons (Fsp3) is 0.188. The smallest absolute Gasteiger partial charge is 0.335 e. The SMILES string of the molecule is CC1Cc2ccccc2N1c1cc(C(=O)O)ccc1N. The van der Waals surface area contributed by atoms with Crippen molar-refractivity contribution in [3.63, 3.8) is 0 Å². The third kappa shape index (κ3) is 1.90. The van der Waals surface area contributed by atoms with Crippen molar-refractivity contribution in [3.8, 4) is 0 Å². The number of hydrogen-bond donors (Lipinski definition) is 2. The van der Waals surface area contributed by atoms with Crippen LogP contribution in [-0.4, -0.2) is 17.1 Å². The maximum atomic E-state index is 11.1. The number of nitrogens with zero attached hydrogens (tertiary/aromatic N) is 1. The zero-order valence-corrected chi connectivity index (χ0v) is 11.2. The summed E-state index contributed by atoms with van der Waals surface area (Å²) in [5.41, 5.74) is 10.0. The first-order valence-corrected chi connectivity index (χ1v) is 6.58. The molecule has 1 aliphatic rings. The largest absolute Gasteiger partial charge is 0.478 e. The van der Waals surface area contributed by atoms with Crippen molar-refractivity contribution in [3.05, 3.63) is 53.6 Å². The Morgan fingerprint density at radius 3 is 2.75 bits per heavy atom. The van der Waals surface area contributed by atoms with Gasteiger partial charge in [0.05, 0.1) is 16.9 Å². The van der Waals surface area contributed by atoms with Gasteiger partial charge < -0.3 is 15.7 Å². The Morgan fingerprint density at radius 1 is 1.25 bits per heavy atom. The quantitative estimate of drug-likeness (QED) is 0.821. The van der Waals surface area contributed by atoms with Gasteiger partial charge in [0.15, 0.2) is 0 Å². The molecule has 0 aliphatic carbocycles. The molecule has 1 unspecified atom stereocenters. The maximum absolute atomic E-state index is 11.1. The van der Waals surface area contributed by atoms with Gasteiger partial charge >= 0.3 is 5.97 Å². The second-order valence-electron chi connectivity index (χ2n) is 5.13. The zero-order valence-electron chi connectivity index (χ0n) is 11.2. The van der Waals surface area contributed by atoms with E-state index < -0.39 is 5.97 Å². The van der Waals surface area contributed by atoms with Crippen LogP contribution in [0.5, 0.6) is 0 Å². The predicted molar refractivity (Wildman–Crippen MR) is 79.6 cm³/mol. The number of nitrogens with two attached hydrogens (primary N) is 1. The lowest BCUT2D eigenvalue weighted by atomic mass is 10.1. The minimum atomic E-state index is -0.939. The molecule has 3 rings (SSSR count). The normalized spacial score (nSPS) is 17.1. The molecule has 1 heterocycles. The summed E-state index contributed by atoms with van der Waals surface area (Å²) in [6, 6.07) is 13.3. The molecule has 2 aromatic carbocycles. The fourth-order valence-corrected chi connectivity index (χ4v) is 2.82. The number of para-hydroxylation sites is 1. The Hall–Kier alpha value is -2.49. The van der Waals surface area contributed by atoms with E-state index in [-0.39, 0.29) is 11.6 Å². The fourth-order valence-electron chi connectivity index (χ4n) is 2.82. The molecule has 0 saturated carbocycles. The van der Waals surface area contributed by atoms with Crippen LogP contribution in [0.1, 0.15) is 22.8 Å². The first-order valence-electron chi connectivity index (χ1n) is 6.58. The second kappa shape index (κ2) is 4.56. The van der Waals surface area contributed by atoms with E-state index in [0.29, 0.717) is 5.69 Å². The second-order valence-corrected chi connectivity index (χ2v) is 5.13. The molecule has 0 amide bonds. The highest BCUT2D eigenvalue weighted by Crippen LogP contribution is 2.40. The van der Waals surface area contributed by atoms with Crippen molar-refractivity contribution < 1.29 is 9.90 Å². The summed E-state index contributed by atoms with van der Waals surface area (Å²) in [4.78, 5) is 13.3. The van der Waals surface area contributed by atoms with Crippen LogP contribution in [0.4, 0.5) is 17.1 Å². The van der Waals surface area contributed by atoms with Crippen LogP contribution < -0.4 is 10.6 Å². The molecule has 4 heteroatoms. The molecule has 1 aliphatic heterocycles. The Bertz CT molecular complexity index is 682. The lowest BCUT2D eigenvalue weighted by Gasteiger charge is -2.26. The van der Waals surface area contributed by atoms with E-state index in [0.717, 1.165) is 17.8 Å². The third-order valence-corrected chi connectivity index (χ3v) is 3.74. The average molecular weight is 268 g/mol. The van der Waals surface area contributed by atoms with Gasteiger partial charge in [0.1, 0.15) is 0 Å². The van der Waals surface area contributed by atoms with E-state index in [1.165, 1.54) is 11.6 Å². The summed E-state index contributed by atoms with van der Waals surface area (Å²) < 4.78 is 0. The van der Waals surface area contributed by atoms with Gasteiger partial charge in [-0.05, 0) is 43.2 Å². The number of carbonyl (C=O) groups is 1. The summed E-state index contributed by atoms with van der Waals surface area (Å²) in [6.45, 7) is 2.12. The third-order valence-electron chi connectivity index (χ3n) is 3.74. The Balaban J connectivity index is 2.13. The summed E-state index contributed by atoms with van der Waals surface area (Å²) in [5.74, 6) is -0.939. The predicted octanol–water partition coefficient (Wildman–Crippen LogP) is 3.05. The van der Waals surface area contributed by atoms with E-state index in [2.05, 4.69) is 17.9 Å². The zero-order chi connectivity index (χ0) is 14.3. The molecule has 3 N–H and O–H groups in total. The number of hydrogen-bond acceptors (Lipinski definition) is 3. The van der Waals surface area contributed by atoms with Gasteiger partial charge in [-0.25, -0.2) is 4.79 Å². The number of carboxylic acids is 1. The van der Waals surface area contributed by atoms with Gasteiger partial charge in [-0.3, -0.25) is 0 Å². The van der Waals surface area contributed by atoms with Crippen LogP contribution in [-0.2, 0) is 6.42 Å². The first-order chi connectivity index (χ1) is 9.58. The minimum absolute atomic E-state index is 0.255. The standard InChI is InChI=1S/C16H16N2O2/c1-10-8-11-4-2-3-5-14(11)18(10)15-9-12(16(19)20)6-7-13(15)17/h2-7,9-10H,8,17H2,1H3,(H,19,20). The lowest BCUT2D eigenvalue weighted by molar-refractivity contribution is 0.0697. The van der Waals surface area contributed by atoms with Crippen molar-refractivity contribution in [2.45, 2.75) is 19.4 Å². The number of anilines is 3. The number of aromatic carboxylic acids is 1. The average Bonchev–Trinajstić information content (AvgIpc) is 2.75. The van der Waals surface area contributed by atoms with E-state index >= 15 is 0 Å². The van der Waals surface area contributed by atoms with E-state index in [1.807, 2.05) is 18.2 Å². The van der Waals surface area contributed by atoms with Crippen molar-refractivity contribution in [1.29, 1.82) is 0 Å². The molecule has 102 valence electrons. The Kier molecular flexibility index (Phi) is 2.86. The van der Waals surface area contributed by atoms with Crippen molar-refractivity contribution in [2.24, 2.45) is 0 Å². The highest BCUT2D eigenvalue weighted by atomic mass is 16.4. The van der Waals surface area contributed by atoms with Gasteiger partial charge in [0.2, 0.25) is 0 Å². The van der Waals surface area contributed by atoms with Gasteiger partial charge in [-0.15, -0.1) is 0 Å². The number of fused-ring (bicyclic) bond motifs is 1. The molecule has 0 aromatic heterocycles.